The van der Waals surface area contributed by atoms with Crippen LogP contribution in [0.1, 0.15) is 31.9 Å². The van der Waals surface area contributed by atoms with Crippen molar-refractivity contribution < 1.29 is 10.2 Å². The van der Waals surface area contributed by atoms with E-state index in [-0.39, 0.29) is 18.6 Å². The van der Waals surface area contributed by atoms with Gasteiger partial charge in [0, 0.05) is 12.6 Å². The van der Waals surface area contributed by atoms with Crippen molar-refractivity contribution in [2.75, 3.05) is 13.2 Å². The average molecular weight is 237 g/mol. The third-order valence-corrected chi connectivity index (χ3v) is 3.21. The van der Waals surface area contributed by atoms with Crippen LogP contribution in [0.25, 0.3) is 0 Å². The van der Waals surface area contributed by atoms with Crippen molar-refractivity contribution in [3.63, 3.8) is 0 Å². The summed E-state index contributed by atoms with van der Waals surface area (Å²) >= 11 is 0. The predicted octanol–water partition coefficient (Wildman–Crippen LogP) is 1.72. The molecule has 0 saturated heterocycles. The van der Waals surface area contributed by atoms with Crippen LogP contribution in [-0.2, 0) is 0 Å². The van der Waals surface area contributed by atoms with Crippen LogP contribution in [0, 0.1) is 5.92 Å². The molecule has 3 atom stereocenters. The molecule has 0 aromatic heterocycles. The molecule has 3 N–H and O–H groups in total. The van der Waals surface area contributed by atoms with E-state index in [2.05, 4.69) is 12.2 Å². The summed E-state index contributed by atoms with van der Waals surface area (Å²) in [4.78, 5) is 0. The van der Waals surface area contributed by atoms with Crippen molar-refractivity contribution in [2.24, 2.45) is 5.92 Å². The van der Waals surface area contributed by atoms with Gasteiger partial charge in [0.15, 0.2) is 0 Å². The normalized spacial score (nSPS) is 16.5. The summed E-state index contributed by atoms with van der Waals surface area (Å²) in [5.74, 6) is 0.240. The smallest absolute Gasteiger partial charge is 0.0802 e. The molecule has 17 heavy (non-hydrogen) atoms. The van der Waals surface area contributed by atoms with Gasteiger partial charge in [-0.2, -0.15) is 0 Å². The largest absolute Gasteiger partial charge is 0.396 e. The second-order valence-corrected chi connectivity index (χ2v) is 4.62. The molecule has 1 aromatic rings. The Morgan fingerprint density at radius 2 is 1.82 bits per heavy atom. The Hall–Kier alpha value is -0.900. The van der Waals surface area contributed by atoms with Crippen LogP contribution in [0.2, 0.25) is 0 Å². The maximum absolute atomic E-state index is 9.94. The van der Waals surface area contributed by atoms with Gasteiger partial charge in [-0.1, -0.05) is 37.3 Å². The molecule has 2 unspecified atom stereocenters. The van der Waals surface area contributed by atoms with E-state index in [0.717, 1.165) is 12.1 Å². The standard InChI is InChI=1S/C14H23NO2/c1-11(10-16)12(2)15-9-8-14(17)13-6-4-3-5-7-13/h3-7,11-12,14-17H,8-10H2,1-2H3/t11?,12?,14-/m1/s1. The van der Waals surface area contributed by atoms with E-state index in [1.807, 2.05) is 37.3 Å². The minimum atomic E-state index is -0.416. The Kier molecular flexibility index (Phi) is 6.19. The Bertz CT molecular complexity index is 302. The number of nitrogens with one attached hydrogen (secondary N) is 1. The Balaban J connectivity index is 2.27. The van der Waals surface area contributed by atoms with Gasteiger partial charge in [0.1, 0.15) is 0 Å². The summed E-state index contributed by atoms with van der Waals surface area (Å²) in [7, 11) is 0. The zero-order valence-electron chi connectivity index (χ0n) is 10.6. The topological polar surface area (TPSA) is 52.5 Å². The zero-order valence-corrected chi connectivity index (χ0v) is 10.6. The summed E-state index contributed by atoms with van der Waals surface area (Å²) in [5, 5.41) is 22.3. The van der Waals surface area contributed by atoms with E-state index >= 15 is 0 Å². The molecular formula is C14H23NO2. The number of rotatable bonds is 7. The summed E-state index contributed by atoms with van der Waals surface area (Å²) in [6, 6.07) is 9.95. The molecule has 0 aliphatic heterocycles. The molecule has 3 nitrogen and oxygen atoms in total. The maximum Gasteiger partial charge on any atom is 0.0802 e. The monoisotopic (exact) mass is 237 g/mol. The molecule has 0 heterocycles. The van der Waals surface area contributed by atoms with Crippen LogP contribution in [0.3, 0.4) is 0 Å². The highest BCUT2D eigenvalue weighted by molar-refractivity contribution is 5.17. The molecule has 0 aliphatic carbocycles. The fourth-order valence-electron chi connectivity index (χ4n) is 1.65. The lowest BCUT2D eigenvalue weighted by Gasteiger charge is -2.20. The summed E-state index contributed by atoms with van der Waals surface area (Å²) < 4.78 is 0. The second kappa shape index (κ2) is 7.43. The van der Waals surface area contributed by atoms with Gasteiger partial charge in [0.25, 0.3) is 0 Å². The Morgan fingerprint density at radius 3 is 2.41 bits per heavy atom. The van der Waals surface area contributed by atoms with Crippen LogP contribution in [0.4, 0.5) is 0 Å². The van der Waals surface area contributed by atoms with E-state index in [1.165, 1.54) is 0 Å². The fraction of sp³-hybridized carbons (Fsp3) is 0.571. The van der Waals surface area contributed by atoms with Gasteiger partial charge in [-0.15, -0.1) is 0 Å². The molecule has 0 amide bonds. The van der Waals surface area contributed by atoms with Gasteiger partial charge < -0.3 is 15.5 Å². The summed E-state index contributed by atoms with van der Waals surface area (Å²) in [6.45, 7) is 5.00. The van der Waals surface area contributed by atoms with E-state index < -0.39 is 6.10 Å². The minimum Gasteiger partial charge on any atom is -0.396 e. The molecule has 0 bridgehead atoms. The molecule has 0 fully saturated rings. The Labute approximate surface area is 103 Å². The van der Waals surface area contributed by atoms with Gasteiger partial charge in [0.2, 0.25) is 0 Å². The summed E-state index contributed by atoms with van der Waals surface area (Å²) in [6.07, 6.45) is 0.271. The molecule has 96 valence electrons. The lowest BCUT2D eigenvalue weighted by Crippen LogP contribution is -2.35. The van der Waals surface area contributed by atoms with Crippen molar-refractivity contribution in [3.05, 3.63) is 35.9 Å². The molecule has 0 saturated carbocycles. The average Bonchev–Trinajstić information content (AvgIpc) is 2.38. The first kappa shape index (κ1) is 14.2. The molecule has 0 radical (unpaired) electrons. The highest BCUT2D eigenvalue weighted by atomic mass is 16.3. The van der Waals surface area contributed by atoms with Crippen LogP contribution >= 0.6 is 0 Å². The van der Waals surface area contributed by atoms with Crippen LogP contribution in [0.15, 0.2) is 30.3 Å². The highest BCUT2D eigenvalue weighted by Crippen LogP contribution is 2.15. The van der Waals surface area contributed by atoms with Crippen molar-refractivity contribution in [1.29, 1.82) is 0 Å². The quantitative estimate of drug-likeness (QED) is 0.677. The van der Waals surface area contributed by atoms with Crippen LogP contribution in [-0.4, -0.2) is 29.4 Å². The third-order valence-electron chi connectivity index (χ3n) is 3.21. The van der Waals surface area contributed by atoms with Gasteiger partial charge in [-0.05, 0) is 31.4 Å². The number of hydrogen-bond acceptors (Lipinski definition) is 3. The molecule has 0 spiro atoms. The fourth-order valence-corrected chi connectivity index (χ4v) is 1.65. The minimum absolute atomic E-state index is 0.190. The van der Waals surface area contributed by atoms with Crippen molar-refractivity contribution in [3.8, 4) is 0 Å². The maximum atomic E-state index is 9.94. The van der Waals surface area contributed by atoms with Crippen LogP contribution < -0.4 is 5.32 Å². The lowest BCUT2D eigenvalue weighted by atomic mass is 10.0. The molecule has 1 aromatic carbocycles. The van der Waals surface area contributed by atoms with Crippen molar-refractivity contribution in [2.45, 2.75) is 32.4 Å². The van der Waals surface area contributed by atoms with Gasteiger partial charge >= 0.3 is 0 Å². The number of benzene rings is 1. The van der Waals surface area contributed by atoms with Gasteiger partial charge in [0.05, 0.1) is 6.10 Å². The van der Waals surface area contributed by atoms with E-state index in [9.17, 15) is 5.11 Å². The first-order valence-electron chi connectivity index (χ1n) is 6.22. The van der Waals surface area contributed by atoms with E-state index in [0.29, 0.717) is 6.42 Å². The zero-order chi connectivity index (χ0) is 12.7. The predicted molar refractivity (Wildman–Crippen MR) is 69.7 cm³/mol. The summed E-state index contributed by atoms with van der Waals surface area (Å²) in [5.41, 5.74) is 0.956. The molecule has 3 heteroatoms. The van der Waals surface area contributed by atoms with Gasteiger partial charge in [-0.25, -0.2) is 0 Å². The Morgan fingerprint density at radius 1 is 1.18 bits per heavy atom. The van der Waals surface area contributed by atoms with Gasteiger partial charge in [-0.3, -0.25) is 0 Å². The van der Waals surface area contributed by atoms with Crippen LogP contribution in [0.5, 0.6) is 0 Å². The van der Waals surface area contributed by atoms with E-state index in [4.69, 9.17) is 5.11 Å². The first-order valence-corrected chi connectivity index (χ1v) is 6.22. The first-order chi connectivity index (χ1) is 8.15. The number of hydrogen-bond donors (Lipinski definition) is 3. The van der Waals surface area contributed by atoms with E-state index in [1.54, 1.807) is 0 Å². The molecular weight excluding hydrogens is 214 g/mol. The molecule has 0 aliphatic rings. The number of aliphatic hydroxyl groups is 2. The molecule has 1 rings (SSSR count). The number of aliphatic hydroxyl groups excluding tert-OH is 2. The third kappa shape index (κ3) is 4.86. The SMILES string of the molecule is CC(CO)C(C)NCC[C@@H](O)c1ccccc1. The van der Waals surface area contributed by atoms with Crippen molar-refractivity contribution >= 4 is 0 Å². The lowest BCUT2D eigenvalue weighted by molar-refractivity contribution is 0.160. The second-order valence-electron chi connectivity index (χ2n) is 4.62. The van der Waals surface area contributed by atoms with Crippen molar-refractivity contribution in [1.82, 2.24) is 5.32 Å². The highest BCUT2D eigenvalue weighted by Gasteiger charge is 2.11.